The molecule has 144 valence electrons. The molecule has 6 heteroatoms. The van der Waals surface area contributed by atoms with Gasteiger partial charge in [-0.15, -0.1) is 0 Å². The molecule has 2 fully saturated rings. The number of aryl methyl sites for hydroxylation is 1. The van der Waals surface area contributed by atoms with Gasteiger partial charge < -0.3 is 14.6 Å². The number of rotatable bonds is 3. The quantitative estimate of drug-likeness (QED) is 0.900. The third-order valence-electron chi connectivity index (χ3n) is 5.76. The van der Waals surface area contributed by atoms with Crippen molar-refractivity contribution < 1.29 is 9.53 Å². The van der Waals surface area contributed by atoms with Crippen LogP contribution in [0.3, 0.4) is 0 Å². The van der Waals surface area contributed by atoms with Gasteiger partial charge in [0.25, 0.3) is 5.91 Å². The lowest BCUT2D eigenvalue weighted by atomic mass is 10.0. The van der Waals surface area contributed by atoms with E-state index in [4.69, 9.17) is 4.74 Å². The Kier molecular flexibility index (Phi) is 5.02. The molecule has 27 heavy (non-hydrogen) atoms. The number of fused-ring (bicyclic) bond motifs is 2. The van der Waals surface area contributed by atoms with Crippen LogP contribution in [-0.2, 0) is 4.74 Å². The summed E-state index contributed by atoms with van der Waals surface area (Å²) in [4.78, 5) is 32.6. The maximum absolute atomic E-state index is 13.3. The van der Waals surface area contributed by atoms with Gasteiger partial charge in [-0.25, -0.2) is 0 Å². The summed E-state index contributed by atoms with van der Waals surface area (Å²) in [6.45, 7) is 7.85. The van der Waals surface area contributed by atoms with Crippen molar-refractivity contribution >= 4 is 16.8 Å². The first-order chi connectivity index (χ1) is 13.1. The van der Waals surface area contributed by atoms with Crippen LogP contribution in [0.1, 0.15) is 35.7 Å². The van der Waals surface area contributed by atoms with Crippen molar-refractivity contribution in [2.45, 2.75) is 38.8 Å². The smallest absolute Gasteiger partial charge is 0.254 e. The van der Waals surface area contributed by atoms with Crippen molar-refractivity contribution in [2.24, 2.45) is 0 Å². The van der Waals surface area contributed by atoms with E-state index in [9.17, 15) is 9.59 Å². The van der Waals surface area contributed by atoms with Crippen LogP contribution in [0, 0.1) is 6.92 Å². The molecule has 1 aromatic carbocycles. The van der Waals surface area contributed by atoms with E-state index >= 15 is 0 Å². The minimum atomic E-state index is -0.239. The first kappa shape index (κ1) is 18.2. The highest BCUT2D eigenvalue weighted by molar-refractivity contribution is 6.06. The third-order valence-corrected chi connectivity index (χ3v) is 5.76. The Morgan fingerprint density at radius 1 is 1.26 bits per heavy atom. The molecule has 0 radical (unpaired) electrons. The van der Waals surface area contributed by atoms with Gasteiger partial charge in [0.05, 0.1) is 24.8 Å². The highest BCUT2D eigenvalue weighted by Gasteiger charge is 2.37. The Hall–Kier alpha value is -2.18. The number of benzene rings is 1. The standard InChI is InChI=1S/C21H27N3O3/c1-3-4-15-12-27-13-16-11-23(7-8-24(15)16)21(26)18-10-20(25)22-19-6-5-14(2)9-17(18)19/h5-6,9-10,15-16H,3-4,7-8,11-13H2,1-2H3,(H,22,25)/t15-,16+/m0/s1. The zero-order valence-corrected chi connectivity index (χ0v) is 16.0. The Morgan fingerprint density at radius 2 is 2.11 bits per heavy atom. The minimum absolute atomic E-state index is 0.0611. The van der Waals surface area contributed by atoms with Crippen LogP contribution >= 0.6 is 0 Å². The number of nitrogens with zero attached hydrogens (tertiary/aromatic N) is 2. The summed E-state index contributed by atoms with van der Waals surface area (Å²) in [5.74, 6) is -0.0611. The molecular weight excluding hydrogens is 342 g/mol. The van der Waals surface area contributed by atoms with Crippen LogP contribution in [0.5, 0.6) is 0 Å². The molecule has 1 aromatic heterocycles. The lowest BCUT2D eigenvalue weighted by Gasteiger charge is -2.48. The molecule has 0 spiro atoms. The van der Waals surface area contributed by atoms with Crippen LogP contribution in [0.15, 0.2) is 29.1 Å². The fraction of sp³-hybridized carbons (Fsp3) is 0.524. The number of pyridine rings is 1. The first-order valence-electron chi connectivity index (χ1n) is 9.83. The zero-order valence-electron chi connectivity index (χ0n) is 16.0. The van der Waals surface area contributed by atoms with Crippen LogP contribution in [0.2, 0.25) is 0 Å². The van der Waals surface area contributed by atoms with Gasteiger partial charge in [-0.1, -0.05) is 25.0 Å². The number of piperazine rings is 1. The van der Waals surface area contributed by atoms with Gasteiger partial charge in [-0.2, -0.15) is 0 Å². The molecule has 0 unspecified atom stereocenters. The number of hydrogen-bond donors (Lipinski definition) is 1. The Balaban J connectivity index is 1.60. The lowest BCUT2D eigenvalue weighted by molar-refractivity contribution is -0.0776. The second-order valence-electron chi connectivity index (χ2n) is 7.72. The topological polar surface area (TPSA) is 65.6 Å². The molecule has 1 N–H and O–H groups in total. The molecule has 2 aromatic rings. The molecule has 0 saturated carbocycles. The molecule has 0 aliphatic carbocycles. The van der Waals surface area contributed by atoms with E-state index in [2.05, 4.69) is 16.8 Å². The number of aromatic nitrogens is 1. The van der Waals surface area contributed by atoms with Crippen molar-refractivity contribution in [3.63, 3.8) is 0 Å². The molecule has 1 amide bonds. The normalized spacial score (nSPS) is 23.4. The van der Waals surface area contributed by atoms with Gasteiger partial charge in [0.15, 0.2) is 0 Å². The van der Waals surface area contributed by atoms with Crippen molar-refractivity contribution in [3.05, 3.63) is 45.7 Å². The molecule has 0 bridgehead atoms. The number of hydrogen-bond acceptors (Lipinski definition) is 4. The molecule has 6 nitrogen and oxygen atoms in total. The fourth-order valence-corrected chi connectivity index (χ4v) is 4.42. The fourth-order valence-electron chi connectivity index (χ4n) is 4.42. The van der Waals surface area contributed by atoms with Crippen LogP contribution in [0.25, 0.3) is 10.9 Å². The minimum Gasteiger partial charge on any atom is -0.378 e. The first-order valence-corrected chi connectivity index (χ1v) is 9.83. The number of ether oxygens (including phenoxy) is 1. The summed E-state index contributed by atoms with van der Waals surface area (Å²) >= 11 is 0. The zero-order chi connectivity index (χ0) is 19.0. The van der Waals surface area contributed by atoms with Gasteiger partial charge in [0.1, 0.15) is 0 Å². The van der Waals surface area contributed by atoms with E-state index in [1.807, 2.05) is 30.0 Å². The van der Waals surface area contributed by atoms with Crippen molar-refractivity contribution in [2.75, 3.05) is 32.8 Å². The Labute approximate surface area is 159 Å². The molecule has 2 aliphatic heterocycles. The summed E-state index contributed by atoms with van der Waals surface area (Å²) in [5.41, 5.74) is 2.03. The van der Waals surface area contributed by atoms with Gasteiger partial charge in [-0.3, -0.25) is 14.5 Å². The van der Waals surface area contributed by atoms with Gasteiger partial charge in [-0.05, 0) is 25.5 Å². The van der Waals surface area contributed by atoms with Crippen molar-refractivity contribution in [3.8, 4) is 0 Å². The number of carbonyl (C=O) groups excluding carboxylic acids is 1. The van der Waals surface area contributed by atoms with Gasteiger partial charge in [0, 0.05) is 42.6 Å². The monoisotopic (exact) mass is 369 g/mol. The molecule has 4 rings (SSSR count). The Morgan fingerprint density at radius 3 is 2.93 bits per heavy atom. The molecule has 2 atom stereocenters. The van der Waals surface area contributed by atoms with Crippen molar-refractivity contribution in [1.29, 1.82) is 0 Å². The number of aromatic amines is 1. The highest BCUT2D eigenvalue weighted by Crippen LogP contribution is 2.24. The van der Waals surface area contributed by atoms with E-state index < -0.39 is 0 Å². The van der Waals surface area contributed by atoms with Crippen LogP contribution in [0.4, 0.5) is 0 Å². The number of H-pyrrole nitrogens is 1. The molecule has 2 saturated heterocycles. The third kappa shape index (κ3) is 3.51. The van der Waals surface area contributed by atoms with Crippen LogP contribution < -0.4 is 5.56 Å². The summed E-state index contributed by atoms with van der Waals surface area (Å²) < 4.78 is 5.81. The van der Waals surface area contributed by atoms with E-state index in [1.54, 1.807) is 0 Å². The predicted octanol–water partition coefficient (Wildman–Crippen LogP) is 2.16. The number of carbonyl (C=O) groups is 1. The average Bonchev–Trinajstić information content (AvgIpc) is 2.67. The van der Waals surface area contributed by atoms with Crippen molar-refractivity contribution in [1.82, 2.24) is 14.8 Å². The number of amides is 1. The maximum Gasteiger partial charge on any atom is 0.254 e. The summed E-state index contributed by atoms with van der Waals surface area (Å²) in [6.07, 6.45) is 2.26. The second-order valence-corrected chi connectivity index (χ2v) is 7.72. The van der Waals surface area contributed by atoms with E-state index in [0.717, 1.165) is 36.9 Å². The SMILES string of the molecule is CCC[C@H]1COC[C@H]2CN(C(=O)c3cc(=O)[nH]c4ccc(C)cc34)CCN12. The molecule has 3 heterocycles. The summed E-state index contributed by atoms with van der Waals surface area (Å²) in [5, 5.41) is 0.811. The van der Waals surface area contributed by atoms with E-state index in [0.29, 0.717) is 36.8 Å². The maximum atomic E-state index is 13.3. The molecular formula is C21H27N3O3. The van der Waals surface area contributed by atoms with Gasteiger partial charge in [0.2, 0.25) is 5.56 Å². The van der Waals surface area contributed by atoms with E-state index in [-0.39, 0.29) is 17.5 Å². The van der Waals surface area contributed by atoms with Gasteiger partial charge >= 0.3 is 0 Å². The van der Waals surface area contributed by atoms with Crippen LogP contribution in [-0.4, -0.2) is 65.6 Å². The highest BCUT2D eigenvalue weighted by atomic mass is 16.5. The summed E-state index contributed by atoms with van der Waals surface area (Å²) in [7, 11) is 0. The number of nitrogens with one attached hydrogen (secondary N) is 1. The summed E-state index contributed by atoms with van der Waals surface area (Å²) in [6, 6.07) is 7.91. The largest absolute Gasteiger partial charge is 0.378 e. The Bertz CT molecular complexity index is 905. The second kappa shape index (κ2) is 7.44. The average molecular weight is 369 g/mol. The number of morpholine rings is 1. The van der Waals surface area contributed by atoms with E-state index in [1.165, 1.54) is 6.07 Å². The predicted molar refractivity (Wildman–Crippen MR) is 105 cm³/mol. The lowest BCUT2D eigenvalue weighted by Crippen LogP contribution is -2.62. The molecule has 2 aliphatic rings.